The summed E-state index contributed by atoms with van der Waals surface area (Å²) in [5, 5.41) is 12.0. The van der Waals surface area contributed by atoms with Gasteiger partial charge in [-0.3, -0.25) is 0 Å². The van der Waals surface area contributed by atoms with Gasteiger partial charge in [-0.15, -0.1) is 0 Å². The van der Waals surface area contributed by atoms with Gasteiger partial charge < -0.3 is 5.32 Å². The average Bonchev–Trinajstić information content (AvgIpc) is 3.08. The minimum atomic E-state index is 0.468. The van der Waals surface area contributed by atoms with Crippen LogP contribution in [-0.4, -0.2) is 11.5 Å². The highest BCUT2D eigenvalue weighted by Gasteiger charge is 2.44. The summed E-state index contributed by atoms with van der Waals surface area (Å²) in [5.74, 6) is 0.728. The molecule has 1 aliphatic rings. The minimum absolute atomic E-state index is 0.468. The molecule has 0 unspecified atom stereocenters. The van der Waals surface area contributed by atoms with Crippen molar-refractivity contribution in [3.63, 3.8) is 0 Å². The molecule has 1 aliphatic carbocycles. The lowest BCUT2D eigenvalue weighted by atomic mass is 9.92. The van der Waals surface area contributed by atoms with E-state index in [1.54, 1.807) is 12.3 Å². The van der Waals surface area contributed by atoms with Crippen LogP contribution in [0, 0.1) is 22.7 Å². The molecule has 3 nitrogen and oxygen atoms in total. The van der Waals surface area contributed by atoms with Crippen LogP contribution in [0.3, 0.4) is 0 Å². The Labute approximate surface area is 96.5 Å². The second-order valence-electron chi connectivity index (χ2n) is 4.91. The van der Waals surface area contributed by atoms with E-state index in [-0.39, 0.29) is 0 Å². The van der Waals surface area contributed by atoms with Crippen LogP contribution in [0.2, 0.25) is 0 Å². The third-order valence-corrected chi connectivity index (χ3v) is 3.64. The van der Waals surface area contributed by atoms with Gasteiger partial charge in [0.05, 0.1) is 11.9 Å². The lowest BCUT2D eigenvalue weighted by Crippen LogP contribution is -2.20. The minimum Gasteiger partial charge on any atom is -0.383 e. The van der Waals surface area contributed by atoms with Crippen LogP contribution >= 0.6 is 0 Å². The topological polar surface area (TPSA) is 48.7 Å². The molecule has 0 aliphatic heterocycles. The van der Waals surface area contributed by atoms with Gasteiger partial charge in [0.15, 0.2) is 0 Å². The van der Waals surface area contributed by atoms with Crippen molar-refractivity contribution in [2.24, 2.45) is 11.3 Å². The first-order valence-corrected chi connectivity index (χ1v) is 5.76. The molecule has 0 radical (unpaired) electrons. The van der Waals surface area contributed by atoms with E-state index in [1.165, 1.54) is 12.8 Å². The molecule has 16 heavy (non-hydrogen) atoms. The van der Waals surface area contributed by atoms with Crippen molar-refractivity contribution in [1.82, 2.24) is 4.98 Å². The Balaban J connectivity index is 1.93. The summed E-state index contributed by atoms with van der Waals surface area (Å²) in [6.45, 7) is 5.58. The zero-order chi connectivity index (χ0) is 11.6. The zero-order valence-electron chi connectivity index (χ0n) is 9.83. The highest BCUT2D eigenvalue weighted by atomic mass is 14.9. The first-order valence-electron chi connectivity index (χ1n) is 5.76. The molecule has 1 saturated carbocycles. The highest BCUT2D eigenvalue weighted by molar-refractivity contribution is 5.43. The molecule has 1 N–H and O–H groups in total. The molecule has 1 fully saturated rings. The van der Waals surface area contributed by atoms with Crippen molar-refractivity contribution in [3.05, 3.63) is 24.0 Å². The van der Waals surface area contributed by atoms with E-state index in [9.17, 15) is 0 Å². The van der Waals surface area contributed by atoms with E-state index in [0.29, 0.717) is 11.1 Å². The lowest BCUT2D eigenvalue weighted by molar-refractivity contribution is 0.380. The van der Waals surface area contributed by atoms with Crippen molar-refractivity contribution < 1.29 is 0 Å². The molecule has 3 heteroatoms. The summed E-state index contributed by atoms with van der Waals surface area (Å²) in [7, 11) is 0. The first kappa shape index (κ1) is 10.9. The van der Waals surface area contributed by atoms with Crippen molar-refractivity contribution in [1.29, 1.82) is 5.26 Å². The van der Waals surface area contributed by atoms with Gasteiger partial charge >= 0.3 is 0 Å². The molecule has 0 atom stereocenters. The lowest BCUT2D eigenvalue weighted by Gasteiger charge is -2.20. The van der Waals surface area contributed by atoms with Gasteiger partial charge in [-0.25, -0.2) is 4.98 Å². The second kappa shape index (κ2) is 4.13. The quantitative estimate of drug-likeness (QED) is 0.840. The Kier molecular flexibility index (Phi) is 2.82. The number of nitrogens with one attached hydrogen (secondary N) is 1. The molecule has 1 aromatic rings. The number of rotatable bonds is 4. The Morgan fingerprint density at radius 2 is 2.25 bits per heavy atom. The summed E-state index contributed by atoms with van der Waals surface area (Å²) in [6.07, 6.45) is 4.37. The van der Waals surface area contributed by atoms with E-state index in [0.717, 1.165) is 18.2 Å². The molecule has 0 aromatic carbocycles. The molecule has 0 spiro atoms. The number of nitrogens with zero attached hydrogens (tertiary/aromatic N) is 2. The molecule has 2 rings (SSSR count). The van der Waals surface area contributed by atoms with Crippen molar-refractivity contribution >= 4 is 5.69 Å². The maximum atomic E-state index is 8.64. The number of hydrogen-bond donors (Lipinski definition) is 1. The van der Waals surface area contributed by atoms with Crippen LogP contribution in [0.15, 0.2) is 18.3 Å². The fraction of sp³-hybridized carbons (Fsp3) is 0.538. The molecular formula is C13H17N3. The highest BCUT2D eigenvalue weighted by Crippen LogP contribution is 2.51. The molecule has 0 bridgehead atoms. The predicted octanol–water partition coefficient (Wildman–Crippen LogP) is 2.80. The van der Waals surface area contributed by atoms with Gasteiger partial charge in [0.1, 0.15) is 11.8 Å². The summed E-state index contributed by atoms with van der Waals surface area (Å²) in [6, 6.07) is 5.68. The number of pyridine rings is 1. The second-order valence-corrected chi connectivity index (χ2v) is 4.91. The summed E-state index contributed by atoms with van der Waals surface area (Å²) >= 11 is 0. The predicted molar refractivity (Wildman–Crippen MR) is 63.9 cm³/mol. The third kappa shape index (κ3) is 2.16. The van der Waals surface area contributed by atoms with Crippen molar-refractivity contribution in [3.8, 4) is 6.07 Å². The Hall–Kier alpha value is -1.56. The van der Waals surface area contributed by atoms with E-state index in [2.05, 4.69) is 24.1 Å². The average molecular weight is 215 g/mol. The van der Waals surface area contributed by atoms with E-state index >= 15 is 0 Å². The maximum absolute atomic E-state index is 8.64. The maximum Gasteiger partial charge on any atom is 0.140 e. The fourth-order valence-corrected chi connectivity index (χ4v) is 1.96. The molecule has 1 heterocycles. The van der Waals surface area contributed by atoms with Crippen molar-refractivity contribution in [2.45, 2.75) is 26.7 Å². The standard InChI is InChI=1S/C13H17N3/c1-10(2)13(5-6-13)9-16-12-4-3-11(7-14)15-8-12/h3-4,8,10,16H,5-6,9H2,1-2H3. The smallest absolute Gasteiger partial charge is 0.140 e. The van der Waals surface area contributed by atoms with Crippen LogP contribution in [0.4, 0.5) is 5.69 Å². The molecule has 1 aromatic heterocycles. The Bertz CT molecular complexity index is 396. The monoisotopic (exact) mass is 215 g/mol. The van der Waals surface area contributed by atoms with Crippen LogP contribution < -0.4 is 5.32 Å². The summed E-state index contributed by atoms with van der Waals surface area (Å²) in [4.78, 5) is 4.04. The summed E-state index contributed by atoms with van der Waals surface area (Å²) < 4.78 is 0. The summed E-state index contributed by atoms with van der Waals surface area (Å²) in [5.41, 5.74) is 1.97. The van der Waals surface area contributed by atoms with E-state index < -0.39 is 0 Å². The van der Waals surface area contributed by atoms with Crippen LogP contribution in [0.1, 0.15) is 32.4 Å². The van der Waals surface area contributed by atoms with Gasteiger partial charge in [-0.2, -0.15) is 5.26 Å². The third-order valence-electron chi connectivity index (χ3n) is 3.64. The largest absolute Gasteiger partial charge is 0.383 e. The number of hydrogen-bond acceptors (Lipinski definition) is 3. The first-order chi connectivity index (χ1) is 7.66. The number of anilines is 1. The molecule has 0 saturated heterocycles. The molecule has 84 valence electrons. The van der Waals surface area contributed by atoms with Crippen LogP contribution in [0.5, 0.6) is 0 Å². The van der Waals surface area contributed by atoms with Gasteiger partial charge in [0, 0.05) is 6.54 Å². The van der Waals surface area contributed by atoms with Gasteiger partial charge in [-0.05, 0) is 36.3 Å². The van der Waals surface area contributed by atoms with Gasteiger partial charge in [0.2, 0.25) is 0 Å². The van der Waals surface area contributed by atoms with Crippen LogP contribution in [0.25, 0.3) is 0 Å². The Morgan fingerprint density at radius 1 is 1.50 bits per heavy atom. The normalized spacial score (nSPS) is 16.9. The Morgan fingerprint density at radius 3 is 2.69 bits per heavy atom. The van der Waals surface area contributed by atoms with Crippen molar-refractivity contribution in [2.75, 3.05) is 11.9 Å². The number of aromatic nitrogens is 1. The fourth-order valence-electron chi connectivity index (χ4n) is 1.96. The van der Waals surface area contributed by atoms with Crippen LogP contribution in [-0.2, 0) is 0 Å². The molecular weight excluding hydrogens is 198 g/mol. The van der Waals surface area contributed by atoms with Gasteiger partial charge in [-0.1, -0.05) is 13.8 Å². The molecule has 0 amide bonds. The SMILES string of the molecule is CC(C)C1(CNc2ccc(C#N)nc2)CC1. The zero-order valence-corrected chi connectivity index (χ0v) is 9.83. The van der Waals surface area contributed by atoms with Gasteiger partial charge in [0.25, 0.3) is 0 Å². The number of nitriles is 1. The van der Waals surface area contributed by atoms with E-state index in [4.69, 9.17) is 5.26 Å². The van der Waals surface area contributed by atoms with E-state index in [1.807, 2.05) is 12.1 Å².